The first-order chi connectivity index (χ1) is 8.38. The van der Waals surface area contributed by atoms with Gasteiger partial charge in [-0.05, 0) is 5.56 Å². The summed E-state index contributed by atoms with van der Waals surface area (Å²) in [5.41, 5.74) is 15.8. The van der Waals surface area contributed by atoms with Gasteiger partial charge in [-0.25, -0.2) is 0 Å². The molecule has 0 saturated carbocycles. The molecule has 18 heavy (non-hydrogen) atoms. The van der Waals surface area contributed by atoms with Crippen molar-refractivity contribution in [2.45, 2.75) is 23.7 Å². The van der Waals surface area contributed by atoms with E-state index in [1.807, 2.05) is 30.3 Å². The summed E-state index contributed by atoms with van der Waals surface area (Å²) in [4.78, 5) is 10.6. The Bertz CT molecular complexity index is 490. The predicted octanol–water partition coefficient (Wildman–Crippen LogP) is 0.0595. The normalized spacial score (nSPS) is 35.4. The number of hydrogen-bond donors (Lipinski definition) is 3. The lowest BCUT2D eigenvalue weighted by molar-refractivity contribution is -0.574. The van der Waals surface area contributed by atoms with E-state index < -0.39 is 22.2 Å². The summed E-state index contributed by atoms with van der Waals surface area (Å²) in [6.07, 6.45) is 3.18. The largest absolute Gasteiger partial charge is 0.318 e. The van der Waals surface area contributed by atoms with Crippen LogP contribution in [0.4, 0.5) is 0 Å². The van der Waals surface area contributed by atoms with Gasteiger partial charge in [-0.3, -0.25) is 15.8 Å². The van der Waals surface area contributed by atoms with Gasteiger partial charge in [-0.1, -0.05) is 42.5 Å². The second kappa shape index (κ2) is 4.16. The minimum Gasteiger partial charge on any atom is -0.318 e. The molecule has 0 radical (unpaired) electrons. The van der Waals surface area contributed by atoms with E-state index in [1.165, 1.54) is 6.08 Å². The maximum Gasteiger partial charge on any atom is 0.293 e. The Morgan fingerprint density at radius 2 is 1.89 bits per heavy atom. The molecular formula is C12H16N4O2. The molecule has 2 rings (SSSR count). The molecule has 1 aromatic rings. The third kappa shape index (κ3) is 1.90. The summed E-state index contributed by atoms with van der Waals surface area (Å²) in [5, 5.41) is 11.1. The Morgan fingerprint density at radius 1 is 1.28 bits per heavy atom. The quantitative estimate of drug-likeness (QED) is 0.296. The van der Waals surface area contributed by atoms with Crippen LogP contribution in [0.5, 0.6) is 0 Å². The molecule has 6 heteroatoms. The van der Waals surface area contributed by atoms with Gasteiger partial charge in [-0.2, -0.15) is 0 Å². The lowest BCUT2D eigenvalue weighted by Crippen LogP contribution is -2.66. The van der Waals surface area contributed by atoms with Gasteiger partial charge in [0.15, 0.2) is 0 Å². The molecule has 0 heterocycles. The van der Waals surface area contributed by atoms with Crippen LogP contribution in [0.1, 0.15) is 12.0 Å². The van der Waals surface area contributed by atoms with Gasteiger partial charge < -0.3 is 11.5 Å². The number of rotatable bonds is 2. The molecule has 0 aromatic heterocycles. The SMILES string of the molecule is NC1C=CC(N)(c2ccccc2)CC1(N)[N+](=O)[O-]. The average Bonchev–Trinajstić information content (AvgIpc) is 2.35. The van der Waals surface area contributed by atoms with Crippen LogP contribution in [0.15, 0.2) is 42.5 Å². The number of hydrogen-bond acceptors (Lipinski definition) is 5. The van der Waals surface area contributed by atoms with Gasteiger partial charge >= 0.3 is 0 Å². The molecule has 0 aliphatic heterocycles. The number of nitro groups is 1. The number of nitrogens with two attached hydrogens (primary N) is 3. The van der Waals surface area contributed by atoms with Crippen LogP contribution in [0.25, 0.3) is 0 Å². The molecule has 1 aliphatic carbocycles. The zero-order chi connectivity index (χ0) is 13.4. The van der Waals surface area contributed by atoms with Gasteiger partial charge in [0.25, 0.3) is 5.66 Å². The molecular weight excluding hydrogens is 232 g/mol. The summed E-state index contributed by atoms with van der Waals surface area (Å²) >= 11 is 0. The van der Waals surface area contributed by atoms with Gasteiger partial charge in [0.2, 0.25) is 0 Å². The van der Waals surface area contributed by atoms with E-state index in [0.717, 1.165) is 5.56 Å². The maximum atomic E-state index is 11.1. The Kier molecular flexibility index (Phi) is 2.94. The minimum absolute atomic E-state index is 0.0331. The first-order valence-corrected chi connectivity index (χ1v) is 5.61. The van der Waals surface area contributed by atoms with E-state index >= 15 is 0 Å². The highest BCUT2D eigenvalue weighted by Gasteiger charge is 2.52. The van der Waals surface area contributed by atoms with Crippen molar-refractivity contribution in [1.82, 2.24) is 0 Å². The highest BCUT2D eigenvalue weighted by atomic mass is 16.6. The third-order valence-electron chi connectivity index (χ3n) is 3.41. The minimum atomic E-state index is -1.74. The molecule has 6 N–H and O–H groups in total. The van der Waals surface area contributed by atoms with E-state index in [0.29, 0.717) is 0 Å². The molecule has 1 aromatic carbocycles. The van der Waals surface area contributed by atoms with Gasteiger partial charge in [0.1, 0.15) is 6.04 Å². The molecule has 3 atom stereocenters. The van der Waals surface area contributed by atoms with Crippen molar-refractivity contribution in [3.05, 3.63) is 58.2 Å². The molecule has 0 bridgehead atoms. The molecule has 3 unspecified atom stereocenters. The summed E-state index contributed by atoms with van der Waals surface area (Å²) in [5.74, 6) is 0. The number of benzene rings is 1. The molecule has 6 nitrogen and oxygen atoms in total. The van der Waals surface area contributed by atoms with Gasteiger partial charge in [0, 0.05) is 4.92 Å². The lowest BCUT2D eigenvalue weighted by Gasteiger charge is -2.38. The van der Waals surface area contributed by atoms with Crippen LogP contribution < -0.4 is 17.2 Å². The summed E-state index contributed by atoms with van der Waals surface area (Å²) in [7, 11) is 0. The molecule has 1 aliphatic rings. The monoisotopic (exact) mass is 248 g/mol. The van der Waals surface area contributed by atoms with Crippen molar-refractivity contribution in [3.8, 4) is 0 Å². The van der Waals surface area contributed by atoms with Crippen molar-refractivity contribution < 1.29 is 4.92 Å². The van der Waals surface area contributed by atoms with Crippen LogP contribution in [-0.2, 0) is 5.54 Å². The Morgan fingerprint density at radius 3 is 2.44 bits per heavy atom. The fraction of sp³-hybridized carbons (Fsp3) is 0.333. The third-order valence-corrected chi connectivity index (χ3v) is 3.41. The molecule has 0 saturated heterocycles. The van der Waals surface area contributed by atoms with Crippen molar-refractivity contribution >= 4 is 0 Å². The topological polar surface area (TPSA) is 121 Å². The Hall–Kier alpha value is -1.76. The van der Waals surface area contributed by atoms with Gasteiger partial charge in [-0.15, -0.1) is 0 Å². The first-order valence-electron chi connectivity index (χ1n) is 5.61. The van der Waals surface area contributed by atoms with Gasteiger partial charge in [0.05, 0.1) is 12.0 Å². The predicted molar refractivity (Wildman–Crippen MR) is 68.0 cm³/mol. The summed E-state index contributed by atoms with van der Waals surface area (Å²) in [6.45, 7) is 0. The second-order valence-electron chi connectivity index (χ2n) is 4.72. The van der Waals surface area contributed by atoms with Crippen LogP contribution in [0.3, 0.4) is 0 Å². The van der Waals surface area contributed by atoms with Crippen LogP contribution >= 0.6 is 0 Å². The second-order valence-corrected chi connectivity index (χ2v) is 4.72. The van der Waals surface area contributed by atoms with Crippen molar-refractivity contribution in [3.63, 3.8) is 0 Å². The molecule has 0 amide bonds. The standard InChI is InChI=1S/C12H16N4O2/c13-10-6-7-11(14,8-12(10,15)16(17)18)9-4-2-1-3-5-9/h1-7,10H,8,13-15H2. The fourth-order valence-corrected chi connectivity index (χ4v) is 2.22. The molecule has 96 valence electrons. The summed E-state index contributed by atoms with van der Waals surface area (Å²) in [6, 6.07) is 8.32. The van der Waals surface area contributed by atoms with E-state index in [9.17, 15) is 10.1 Å². The van der Waals surface area contributed by atoms with Crippen LogP contribution in [-0.4, -0.2) is 16.6 Å². The summed E-state index contributed by atoms with van der Waals surface area (Å²) < 4.78 is 0. The maximum absolute atomic E-state index is 11.1. The zero-order valence-corrected chi connectivity index (χ0v) is 9.82. The van der Waals surface area contributed by atoms with E-state index in [2.05, 4.69) is 0 Å². The smallest absolute Gasteiger partial charge is 0.293 e. The first kappa shape index (κ1) is 12.7. The average molecular weight is 248 g/mol. The number of nitrogens with zero attached hydrogens (tertiary/aromatic N) is 1. The van der Waals surface area contributed by atoms with E-state index in [1.54, 1.807) is 6.08 Å². The van der Waals surface area contributed by atoms with E-state index in [4.69, 9.17) is 17.2 Å². The van der Waals surface area contributed by atoms with Crippen molar-refractivity contribution in [2.24, 2.45) is 17.2 Å². The van der Waals surface area contributed by atoms with Crippen molar-refractivity contribution in [1.29, 1.82) is 0 Å². The van der Waals surface area contributed by atoms with Crippen LogP contribution in [0.2, 0.25) is 0 Å². The zero-order valence-electron chi connectivity index (χ0n) is 9.82. The van der Waals surface area contributed by atoms with Crippen LogP contribution in [0, 0.1) is 10.1 Å². The highest BCUT2D eigenvalue weighted by molar-refractivity contribution is 5.33. The Labute approximate surface area is 105 Å². The highest BCUT2D eigenvalue weighted by Crippen LogP contribution is 2.34. The fourth-order valence-electron chi connectivity index (χ4n) is 2.22. The Balaban J connectivity index is 2.43. The van der Waals surface area contributed by atoms with Crippen molar-refractivity contribution in [2.75, 3.05) is 0 Å². The van der Waals surface area contributed by atoms with E-state index in [-0.39, 0.29) is 6.42 Å². The molecule has 0 spiro atoms. The molecule has 0 fully saturated rings. The lowest BCUT2D eigenvalue weighted by atomic mass is 9.75.